The highest BCUT2D eigenvalue weighted by Gasteiger charge is 2.31. The normalized spacial score (nSPS) is 15.3. The fraction of sp³-hybridized carbons (Fsp3) is 0.286. The summed E-state index contributed by atoms with van der Waals surface area (Å²) in [5.41, 5.74) is -0.0594. The Bertz CT molecular complexity index is 1080. The number of benzene rings is 2. The van der Waals surface area contributed by atoms with Crippen molar-refractivity contribution in [3.8, 4) is 11.4 Å². The maximum Gasteiger partial charge on any atom is 0.416 e. The molecule has 162 valence electrons. The molecule has 0 spiro atoms. The van der Waals surface area contributed by atoms with Gasteiger partial charge in [-0.15, -0.1) is 0 Å². The highest BCUT2D eigenvalue weighted by Crippen LogP contribution is 2.31. The molecule has 6 nitrogen and oxygen atoms in total. The smallest absolute Gasteiger partial charge is 0.338 e. The molecule has 2 aromatic carbocycles. The summed E-state index contributed by atoms with van der Waals surface area (Å²) in [6.07, 6.45) is -4.44. The van der Waals surface area contributed by atoms with Gasteiger partial charge in [0.15, 0.2) is 0 Å². The Balaban J connectivity index is 1.36. The largest absolute Gasteiger partial charge is 0.416 e. The summed E-state index contributed by atoms with van der Waals surface area (Å²) >= 11 is 6.11. The summed E-state index contributed by atoms with van der Waals surface area (Å²) in [7, 11) is 0. The van der Waals surface area contributed by atoms with Gasteiger partial charge in [-0.2, -0.15) is 18.2 Å². The van der Waals surface area contributed by atoms with Gasteiger partial charge in [-0.1, -0.05) is 41.0 Å². The second-order valence-corrected chi connectivity index (χ2v) is 7.55. The lowest BCUT2D eigenvalue weighted by Crippen LogP contribution is -2.48. The summed E-state index contributed by atoms with van der Waals surface area (Å²) in [6, 6.07) is 11.7. The molecule has 31 heavy (non-hydrogen) atoms. The molecule has 0 N–H and O–H groups in total. The summed E-state index contributed by atoms with van der Waals surface area (Å²) in [6.45, 7) is 2.56. The third-order valence-corrected chi connectivity index (χ3v) is 5.37. The van der Waals surface area contributed by atoms with Gasteiger partial charge < -0.3 is 9.42 Å². The number of nitrogens with zero attached hydrogens (tertiary/aromatic N) is 4. The first-order valence-electron chi connectivity index (χ1n) is 9.57. The third kappa shape index (κ3) is 4.88. The van der Waals surface area contributed by atoms with E-state index in [1.54, 1.807) is 29.2 Å². The first-order valence-corrected chi connectivity index (χ1v) is 9.95. The van der Waals surface area contributed by atoms with E-state index >= 15 is 0 Å². The van der Waals surface area contributed by atoms with Crippen LogP contribution >= 0.6 is 11.6 Å². The Labute approximate surface area is 181 Å². The first-order chi connectivity index (χ1) is 14.8. The molecule has 10 heteroatoms. The number of piperazine rings is 1. The molecule has 0 unspecified atom stereocenters. The van der Waals surface area contributed by atoms with E-state index in [-0.39, 0.29) is 17.3 Å². The number of alkyl halides is 3. The average molecular weight is 451 g/mol. The van der Waals surface area contributed by atoms with Gasteiger partial charge in [0.25, 0.3) is 5.91 Å². The minimum Gasteiger partial charge on any atom is -0.338 e. The Morgan fingerprint density at radius 3 is 2.52 bits per heavy atom. The van der Waals surface area contributed by atoms with Gasteiger partial charge in [0.05, 0.1) is 22.7 Å². The van der Waals surface area contributed by atoms with Crippen LogP contribution in [0, 0.1) is 0 Å². The van der Waals surface area contributed by atoms with Gasteiger partial charge in [0.1, 0.15) is 0 Å². The molecule has 1 saturated heterocycles. The summed E-state index contributed by atoms with van der Waals surface area (Å²) < 4.78 is 44.0. The van der Waals surface area contributed by atoms with E-state index in [9.17, 15) is 18.0 Å². The number of carbonyl (C=O) groups excluding carboxylic acids is 1. The maximum absolute atomic E-state index is 12.9. The molecule has 2 heterocycles. The molecule has 3 aromatic rings. The van der Waals surface area contributed by atoms with Crippen LogP contribution in [0.2, 0.25) is 5.02 Å². The fourth-order valence-electron chi connectivity index (χ4n) is 3.38. The zero-order valence-electron chi connectivity index (χ0n) is 16.3. The molecule has 1 amide bonds. The minimum absolute atomic E-state index is 0.105. The average Bonchev–Trinajstić information content (AvgIpc) is 3.22. The van der Waals surface area contributed by atoms with Crippen LogP contribution in [0.3, 0.4) is 0 Å². The molecule has 1 fully saturated rings. The zero-order valence-corrected chi connectivity index (χ0v) is 17.0. The van der Waals surface area contributed by atoms with Crippen LogP contribution in [0.5, 0.6) is 0 Å². The number of hydrogen-bond acceptors (Lipinski definition) is 5. The molecule has 1 aliphatic rings. The van der Waals surface area contributed by atoms with Gasteiger partial charge in [-0.3, -0.25) is 9.69 Å². The first kappa shape index (κ1) is 21.3. The summed E-state index contributed by atoms with van der Waals surface area (Å²) in [5, 5.41) is 4.23. The van der Waals surface area contributed by atoms with Crippen molar-refractivity contribution in [3.05, 3.63) is 70.6 Å². The van der Waals surface area contributed by atoms with Gasteiger partial charge in [-0.25, -0.2) is 0 Å². The minimum atomic E-state index is -4.44. The van der Waals surface area contributed by atoms with Crippen molar-refractivity contribution in [2.24, 2.45) is 0 Å². The van der Waals surface area contributed by atoms with Gasteiger partial charge in [0.2, 0.25) is 11.7 Å². The lowest BCUT2D eigenvalue weighted by molar-refractivity contribution is -0.137. The molecule has 0 bridgehead atoms. The van der Waals surface area contributed by atoms with Gasteiger partial charge >= 0.3 is 6.18 Å². The molecule has 0 atom stereocenters. The van der Waals surface area contributed by atoms with E-state index in [0.717, 1.165) is 12.1 Å². The quantitative estimate of drug-likeness (QED) is 0.590. The Hall–Kier alpha value is -2.91. The molecule has 0 aliphatic carbocycles. The van der Waals surface area contributed by atoms with Crippen LogP contribution < -0.4 is 0 Å². The number of amides is 1. The SMILES string of the molecule is O=C(c1ccccc1Cl)N1CCN(Cc2nc(-c3cccc(C(F)(F)F)c3)no2)CC1. The van der Waals surface area contributed by atoms with Crippen LogP contribution in [0.25, 0.3) is 11.4 Å². The highest BCUT2D eigenvalue weighted by molar-refractivity contribution is 6.33. The molecule has 4 rings (SSSR count). The van der Waals surface area contributed by atoms with Crippen molar-refractivity contribution in [1.82, 2.24) is 19.9 Å². The molecular weight excluding hydrogens is 433 g/mol. The zero-order chi connectivity index (χ0) is 22.0. The lowest BCUT2D eigenvalue weighted by Gasteiger charge is -2.34. The van der Waals surface area contributed by atoms with Crippen molar-refractivity contribution in [3.63, 3.8) is 0 Å². The number of hydrogen-bond donors (Lipinski definition) is 0. The van der Waals surface area contributed by atoms with Crippen LogP contribution in [-0.4, -0.2) is 52.0 Å². The van der Waals surface area contributed by atoms with Crippen molar-refractivity contribution in [2.75, 3.05) is 26.2 Å². The van der Waals surface area contributed by atoms with Gasteiger partial charge in [0, 0.05) is 31.7 Å². The van der Waals surface area contributed by atoms with E-state index in [4.69, 9.17) is 16.1 Å². The fourth-order valence-corrected chi connectivity index (χ4v) is 3.59. The third-order valence-electron chi connectivity index (χ3n) is 5.04. The predicted octanol–water partition coefficient (Wildman–Crippen LogP) is 4.37. The molecule has 0 radical (unpaired) electrons. The second-order valence-electron chi connectivity index (χ2n) is 7.14. The van der Waals surface area contributed by atoms with E-state index in [1.165, 1.54) is 12.1 Å². The van der Waals surface area contributed by atoms with Crippen LogP contribution in [0.4, 0.5) is 13.2 Å². The Morgan fingerprint density at radius 2 is 1.81 bits per heavy atom. The van der Waals surface area contributed by atoms with Crippen LogP contribution in [-0.2, 0) is 12.7 Å². The summed E-state index contributed by atoms with van der Waals surface area (Å²) in [4.78, 5) is 20.6. The monoisotopic (exact) mass is 450 g/mol. The molecule has 0 saturated carbocycles. The number of rotatable bonds is 4. The van der Waals surface area contributed by atoms with Crippen molar-refractivity contribution < 1.29 is 22.5 Å². The number of halogens is 4. The predicted molar refractivity (Wildman–Crippen MR) is 107 cm³/mol. The highest BCUT2D eigenvalue weighted by atomic mass is 35.5. The standard InChI is InChI=1S/C21H18ClF3N4O2/c22-17-7-2-1-6-16(17)20(30)29-10-8-28(9-11-29)13-18-26-19(27-31-18)14-4-3-5-15(12-14)21(23,24)25/h1-7,12H,8-11,13H2. The van der Waals surface area contributed by atoms with Crippen molar-refractivity contribution in [1.29, 1.82) is 0 Å². The van der Waals surface area contributed by atoms with E-state index in [1.807, 2.05) is 4.90 Å². The van der Waals surface area contributed by atoms with Crippen molar-refractivity contribution >= 4 is 17.5 Å². The second kappa shape index (κ2) is 8.68. The number of carbonyl (C=O) groups is 1. The number of aromatic nitrogens is 2. The maximum atomic E-state index is 12.9. The topological polar surface area (TPSA) is 62.5 Å². The van der Waals surface area contributed by atoms with E-state index in [0.29, 0.717) is 49.2 Å². The van der Waals surface area contributed by atoms with E-state index < -0.39 is 11.7 Å². The van der Waals surface area contributed by atoms with Gasteiger partial charge in [-0.05, 0) is 24.3 Å². The lowest BCUT2D eigenvalue weighted by atomic mass is 10.1. The van der Waals surface area contributed by atoms with E-state index in [2.05, 4.69) is 10.1 Å². The van der Waals surface area contributed by atoms with Crippen LogP contribution in [0.1, 0.15) is 21.8 Å². The van der Waals surface area contributed by atoms with Crippen molar-refractivity contribution in [2.45, 2.75) is 12.7 Å². The Morgan fingerprint density at radius 1 is 1.06 bits per heavy atom. The molecular formula is C21H18ClF3N4O2. The van der Waals surface area contributed by atoms with Crippen LogP contribution in [0.15, 0.2) is 53.1 Å². The Kier molecular flexibility index (Phi) is 5.97. The summed E-state index contributed by atoms with van der Waals surface area (Å²) in [5.74, 6) is 0.293. The molecule has 1 aliphatic heterocycles. The molecule has 1 aromatic heterocycles.